The number of carbonyl (C=O) groups excluding carboxylic acids is 1. The average molecular weight is 494 g/mol. The molecule has 1 saturated heterocycles. The number of nitrogens with zero attached hydrogens (tertiary/aromatic N) is 3. The number of amides is 1. The van der Waals surface area contributed by atoms with Crippen molar-refractivity contribution >= 4 is 28.6 Å². The van der Waals surface area contributed by atoms with Crippen LogP contribution in [-0.4, -0.2) is 64.9 Å². The molecule has 10 heteroatoms. The van der Waals surface area contributed by atoms with Gasteiger partial charge in [0.2, 0.25) is 5.91 Å². The van der Waals surface area contributed by atoms with Crippen molar-refractivity contribution in [1.82, 2.24) is 25.1 Å². The molecule has 5 rings (SSSR count). The van der Waals surface area contributed by atoms with Gasteiger partial charge >= 0.3 is 0 Å². The first-order valence-electron chi connectivity index (χ1n) is 11.4. The lowest BCUT2D eigenvalue weighted by Crippen LogP contribution is -2.32. The van der Waals surface area contributed by atoms with E-state index in [1.165, 1.54) is 11.8 Å². The summed E-state index contributed by atoms with van der Waals surface area (Å²) in [6, 6.07) is 13.6. The zero-order valence-corrected chi connectivity index (χ0v) is 20.4. The third kappa shape index (κ3) is 4.85. The number of para-hydroxylation sites is 1. The summed E-state index contributed by atoms with van der Waals surface area (Å²) in [6.45, 7) is 1.29. The molecular weight excluding hydrogens is 466 g/mol. The van der Waals surface area contributed by atoms with Crippen LogP contribution < -0.4 is 14.8 Å². The number of hydrogen-bond acceptors (Lipinski definition) is 7. The number of nitrogens with one attached hydrogen (secondary N) is 2. The Bertz CT molecular complexity index is 1330. The van der Waals surface area contributed by atoms with Gasteiger partial charge in [0.1, 0.15) is 11.5 Å². The fourth-order valence-corrected chi connectivity index (χ4v) is 4.97. The zero-order valence-electron chi connectivity index (χ0n) is 19.6. The standard InChI is InChI=1S/C25H27N5O4S/c1-32-16-9-10-22(33-2)21(12-16)30-24(19-14-26-20-8-4-3-7-18(19)20)28-29-25(30)35-15-23(31)27-13-17-6-5-11-34-17/h3-4,7-10,12,14,17,26H,5-6,11,13,15H2,1-2H3,(H,27,31). The van der Waals surface area contributed by atoms with Crippen LogP contribution in [0.3, 0.4) is 0 Å². The molecule has 2 aromatic carbocycles. The Labute approximate surface area is 207 Å². The van der Waals surface area contributed by atoms with E-state index in [0.29, 0.717) is 29.0 Å². The van der Waals surface area contributed by atoms with E-state index in [-0.39, 0.29) is 17.8 Å². The summed E-state index contributed by atoms with van der Waals surface area (Å²) in [6.07, 6.45) is 4.03. The van der Waals surface area contributed by atoms with Gasteiger partial charge in [0, 0.05) is 41.9 Å². The third-order valence-electron chi connectivity index (χ3n) is 5.97. The van der Waals surface area contributed by atoms with E-state index in [9.17, 15) is 4.79 Å². The van der Waals surface area contributed by atoms with E-state index in [2.05, 4.69) is 20.5 Å². The second-order valence-electron chi connectivity index (χ2n) is 8.16. The van der Waals surface area contributed by atoms with E-state index >= 15 is 0 Å². The van der Waals surface area contributed by atoms with Crippen molar-refractivity contribution in [3.63, 3.8) is 0 Å². The van der Waals surface area contributed by atoms with Crippen molar-refractivity contribution in [1.29, 1.82) is 0 Å². The van der Waals surface area contributed by atoms with Gasteiger partial charge in [-0.25, -0.2) is 0 Å². The van der Waals surface area contributed by atoms with Gasteiger partial charge in [0.05, 0.1) is 31.8 Å². The van der Waals surface area contributed by atoms with Crippen LogP contribution in [0.25, 0.3) is 28.0 Å². The lowest BCUT2D eigenvalue weighted by atomic mass is 10.1. The highest BCUT2D eigenvalue weighted by Gasteiger charge is 2.23. The Hall–Kier alpha value is -3.50. The molecule has 2 N–H and O–H groups in total. The zero-order chi connectivity index (χ0) is 24.2. The maximum absolute atomic E-state index is 12.6. The van der Waals surface area contributed by atoms with E-state index in [0.717, 1.165) is 41.6 Å². The van der Waals surface area contributed by atoms with Crippen LogP contribution in [0.2, 0.25) is 0 Å². The van der Waals surface area contributed by atoms with Gasteiger partial charge in [-0.15, -0.1) is 10.2 Å². The highest BCUT2D eigenvalue weighted by molar-refractivity contribution is 7.99. The molecule has 2 aromatic heterocycles. The average Bonchev–Trinajstić information content (AvgIpc) is 3.65. The number of H-pyrrole nitrogens is 1. The quantitative estimate of drug-likeness (QED) is 0.342. The predicted octanol–water partition coefficient (Wildman–Crippen LogP) is 3.82. The molecule has 1 aliphatic rings. The number of aromatic amines is 1. The van der Waals surface area contributed by atoms with Gasteiger partial charge < -0.3 is 24.5 Å². The third-order valence-corrected chi connectivity index (χ3v) is 6.90. The highest BCUT2D eigenvalue weighted by atomic mass is 32.2. The SMILES string of the molecule is COc1ccc(OC)c(-n2c(SCC(=O)NCC3CCCO3)nnc2-c2c[nH]c3ccccc23)c1. The Balaban J connectivity index is 1.50. The Kier molecular flexibility index (Phi) is 6.91. The van der Waals surface area contributed by atoms with E-state index in [1.54, 1.807) is 14.2 Å². The number of benzene rings is 2. The molecule has 1 aliphatic heterocycles. The number of aromatic nitrogens is 4. The number of thioether (sulfide) groups is 1. The molecule has 182 valence electrons. The van der Waals surface area contributed by atoms with Gasteiger partial charge in [-0.05, 0) is 31.0 Å². The lowest BCUT2D eigenvalue weighted by Gasteiger charge is -2.15. The number of carbonyl (C=O) groups is 1. The minimum atomic E-state index is -0.0775. The van der Waals surface area contributed by atoms with Crippen LogP contribution in [0, 0.1) is 0 Å². The first-order valence-corrected chi connectivity index (χ1v) is 12.4. The second-order valence-corrected chi connectivity index (χ2v) is 9.10. The van der Waals surface area contributed by atoms with Crippen molar-refractivity contribution in [3.8, 4) is 28.6 Å². The lowest BCUT2D eigenvalue weighted by molar-refractivity contribution is -0.119. The summed E-state index contributed by atoms with van der Waals surface area (Å²) in [5.74, 6) is 2.06. The maximum Gasteiger partial charge on any atom is 0.230 e. The van der Waals surface area contributed by atoms with Crippen molar-refractivity contribution in [2.45, 2.75) is 24.1 Å². The van der Waals surface area contributed by atoms with Gasteiger partial charge in [0.15, 0.2) is 11.0 Å². The van der Waals surface area contributed by atoms with E-state index in [1.807, 2.05) is 53.2 Å². The van der Waals surface area contributed by atoms with Crippen LogP contribution in [-0.2, 0) is 9.53 Å². The number of methoxy groups -OCH3 is 2. The molecular formula is C25H27N5O4S. The molecule has 0 radical (unpaired) electrons. The molecule has 0 aliphatic carbocycles. The van der Waals surface area contributed by atoms with Crippen LogP contribution in [0.4, 0.5) is 0 Å². The largest absolute Gasteiger partial charge is 0.497 e. The normalized spacial score (nSPS) is 15.4. The molecule has 4 aromatic rings. The number of hydrogen-bond donors (Lipinski definition) is 2. The molecule has 0 bridgehead atoms. The van der Waals surface area contributed by atoms with Crippen LogP contribution in [0.5, 0.6) is 11.5 Å². The molecule has 0 saturated carbocycles. The molecule has 1 fully saturated rings. The van der Waals surface area contributed by atoms with E-state index in [4.69, 9.17) is 14.2 Å². The molecule has 1 unspecified atom stereocenters. The smallest absolute Gasteiger partial charge is 0.230 e. The number of rotatable bonds is 9. The molecule has 9 nitrogen and oxygen atoms in total. The fraction of sp³-hybridized carbons (Fsp3) is 0.320. The number of fused-ring (bicyclic) bond motifs is 1. The molecule has 0 spiro atoms. The van der Waals surface area contributed by atoms with Gasteiger partial charge in [-0.3, -0.25) is 9.36 Å². The predicted molar refractivity (Wildman–Crippen MR) is 134 cm³/mol. The Morgan fingerprint density at radius 2 is 2.11 bits per heavy atom. The Morgan fingerprint density at radius 3 is 2.91 bits per heavy atom. The van der Waals surface area contributed by atoms with Crippen molar-refractivity contribution in [3.05, 3.63) is 48.7 Å². The van der Waals surface area contributed by atoms with E-state index < -0.39 is 0 Å². The highest BCUT2D eigenvalue weighted by Crippen LogP contribution is 2.36. The summed E-state index contributed by atoms with van der Waals surface area (Å²) < 4.78 is 18.6. The van der Waals surface area contributed by atoms with Gasteiger partial charge in [-0.1, -0.05) is 30.0 Å². The van der Waals surface area contributed by atoms with Crippen LogP contribution in [0.1, 0.15) is 12.8 Å². The fourth-order valence-electron chi connectivity index (χ4n) is 4.20. The van der Waals surface area contributed by atoms with Crippen LogP contribution >= 0.6 is 11.8 Å². The van der Waals surface area contributed by atoms with Crippen molar-refractivity contribution < 1.29 is 19.0 Å². The second kappa shape index (κ2) is 10.4. The Morgan fingerprint density at radius 1 is 1.23 bits per heavy atom. The summed E-state index contributed by atoms with van der Waals surface area (Å²) in [5, 5.41) is 13.5. The molecule has 1 atom stereocenters. The summed E-state index contributed by atoms with van der Waals surface area (Å²) in [4.78, 5) is 15.9. The number of ether oxygens (including phenoxy) is 3. The first kappa shape index (κ1) is 23.3. The minimum absolute atomic E-state index is 0.0775. The minimum Gasteiger partial charge on any atom is -0.497 e. The van der Waals surface area contributed by atoms with Crippen molar-refractivity contribution in [2.75, 3.05) is 33.1 Å². The summed E-state index contributed by atoms with van der Waals surface area (Å²) in [5.41, 5.74) is 2.62. The summed E-state index contributed by atoms with van der Waals surface area (Å²) in [7, 11) is 3.23. The van der Waals surface area contributed by atoms with Crippen molar-refractivity contribution in [2.24, 2.45) is 0 Å². The van der Waals surface area contributed by atoms with Gasteiger partial charge in [-0.2, -0.15) is 0 Å². The summed E-state index contributed by atoms with van der Waals surface area (Å²) >= 11 is 1.32. The molecule has 35 heavy (non-hydrogen) atoms. The molecule has 1 amide bonds. The topological polar surface area (TPSA) is 103 Å². The molecule has 3 heterocycles. The van der Waals surface area contributed by atoms with Crippen LogP contribution in [0.15, 0.2) is 53.8 Å². The van der Waals surface area contributed by atoms with Gasteiger partial charge in [0.25, 0.3) is 0 Å². The first-order chi connectivity index (χ1) is 17.2. The monoisotopic (exact) mass is 493 g/mol. The maximum atomic E-state index is 12.6.